The van der Waals surface area contributed by atoms with Crippen molar-refractivity contribution in [3.05, 3.63) is 29.3 Å². The molecule has 0 fully saturated rings. The molecule has 5 nitrogen and oxygen atoms in total. The molecule has 0 amide bonds. The van der Waals surface area contributed by atoms with E-state index in [4.69, 9.17) is 5.14 Å². The number of ketones is 1. The Morgan fingerprint density at radius 1 is 1.27 bits per heavy atom. The molecule has 80 valence electrons. The summed E-state index contributed by atoms with van der Waals surface area (Å²) in [4.78, 5) is 11.3. The maximum absolute atomic E-state index is 11.3. The molecule has 1 aromatic carbocycles. The third-order valence-corrected chi connectivity index (χ3v) is 2.65. The van der Waals surface area contributed by atoms with Gasteiger partial charge in [0.15, 0.2) is 5.78 Å². The van der Waals surface area contributed by atoms with Gasteiger partial charge in [-0.2, -0.15) is 13.6 Å². The van der Waals surface area contributed by atoms with Gasteiger partial charge in [-0.3, -0.25) is 4.79 Å². The van der Waals surface area contributed by atoms with E-state index < -0.39 is 10.3 Å². The van der Waals surface area contributed by atoms with Gasteiger partial charge in [-0.15, -0.1) is 0 Å². The van der Waals surface area contributed by atoms with E-state index in [1.54, 1.807) is 12.1 Å². The van der Waals surface area contributed by atoms with E-state index in [-0.39, 0.29) is 11.5 Å². The lowest BCUT2D eigenvalue weighted by molar-refractivity contribution is 0.0994. The summed E-state index contributed by atoms with van der Waals surface area (Å²) in [5.74, 6) is 0.158. The van der Waals surface area contributed by atoms with Crippen LogP contribution < -0.4 is 9.32 Å². The molecular weight excluding hydrogens is 218 g/mol. The summed E-state index contributed by atoms with van der Waals surface area (Å²) in [7, 11) is -4.03. The van der Waals surface area contributed by atoms with Gasteiger partial charge >= 0.3 is 10.3 Å². The van der Waals surface area contributed by atoms with Gasteiger partial charge < -0.3 is 4.18 Å². The van der Waals surface area contributed by atoms with E-state index in [0.29, 0.717) is 24.0 Å². The fourth-order valence-electron chi connectivity index (χ4n) is 1.66. The first-order valence-corrected chi connectivity index (χ1v) is 5.82. The Labute approximate surface area is 87.1 Å². The fourth-order valence-corrected chi connectivity index (χ4v) is 2.07. The average molecular weight is 227 g/mol. The molecule has 0 unspecified atom stereocenters. The third kappa shape index (κ3) is 2.00. The zero-order valence-electron chi connectivity index (χ0n) is 7.76. The number of hydrogen-bond donors (Lipinski definition) is 1. The molecule has 0 atom stereocenters. The lowest BCUT2D eigenvalue weighted by Crippen LogP contribution is -2.19. The summed E-state index contributed by atoms with van der Waals surface area (Å²) in [6, 6.07) is 4.71. The van der Waals surface area contributed by atoms with Crippen LogP contribution in [-0.2, 0) is 16.7 Å². The number of rotatable bonds is 2. The number of carbonyl (C=O) groups is 1. The first-order valence-electron chi connectivity index (χ1n) is 4.35. The molecule has 1 aliphatic rings. The van der Waals surface area contributed by atoms with Gasteiger partial charge in [0.1, 0.15) is 5.75 Å². The van der Waals surface area contributed by atoms with Crippen LogP contribution in [0.1, 0.15) is 22.3 Å². The summed E-state index contributed by atoms with van der Waals surface area (Å²) in [5.41, 5.74) is 1.15. The minimum Gasteiger partial charge on any atom is -0.371 e. The van der Waals surface area contributed by atoms with Crippen molar-refractivity contribution in [3.8, 4) is 5.75 Å². The molecule has 0 bridgehead atoms. The van der Waals surface area contributed by atoms with Crippen LogP contribution in [0.25, 0.3) is 0 Å². The summed E-state index contributed by atoms with van der Waals surface area (Å²) >= 11 is 0. The van der Waals surface area contributed by atoms with E-state index in [1.165, 1.54) is 6.07 Å². The van der Waals surface area contributed by atoms with Crippen molar-refractivity contribution in [1.82, 2.24) is 0 Å². The van der Waals surface area contributed by atoms with Crippen molar-refractivity contribution < 1.29 is 17.4 Å². The second kappa shape index (κ2) is 3.32. The summed E-state index contributed by atoms with van der Waals surface area (Å²) in [6.07, 6.45) is 0.889. The zero-order chi connectivity index (χ0) is 11.1. The van der Waals surface area contributed by atoms with E-state index in [0.717, 1.165) is 0 Å². The molecule has 1 aromatic rings. The predicted octanol–water partition coefficient (Wildman–Crippen LogP) is 0.398. The molecule has 0 spiro atoms. The van der Waals surface area contributed by atoms with Crippen LogP contribution in [0.4, 0.5) is 0 Å². The van der Waals surface area contributed by atoms with Crippen LogP contribution in [0.15, 0.2) is 18.2 Å². The number of Topliss-reactive ketones (excluding diaryl/α,β-unsaturated/α-hetero) is 1. The van der Waals surface area contributed by atoms with Gasteiger partial charge in [0.05, 0.1) is 0 Å². The first kappa shape index (κ1) is 10.1. The van der Waals surface area contributed by atoms with E-state index in [9.17, 15) is 13.2 Å². The highest BCUT2D eigenvalue weighted by Gasteiger charge is 2.23. The standard InChI is InChI=1S/C9H9NO4S/c10-15(12,13)14-9-3-1-2-6-7(9)4-5-8(6)11/h1-3H,4-5H2,(H2,10,12,13). The molecule has 0 radical (unpaired) electrons. The van der Waals surface area contributed by atoms with Gasteiger partial charge in [0.25, 0.3) is 0 Å². The minimum atomic E-state index is -4.03. The molecule has 2 rings (SSSR count). The Hall–Kier alpha value is -1.40. The Morgan fingerprint density at radius 2 is 2.00 bits per heavy atom. The topological polar surface area (TPSA) is 86.5 Å². The van der Waals surface area contributed by atoms with Crippen molar-refractivity contribution in [3.63, 3.8) is 0 Å². The molecule has 0 heterocycles. The van der Waals surface area contributed by atoms with Crippen molar-refractivity contribution >= 4 is 16.1 Å². The number of nitrogens with two attached hydrogens (primary N) is 1. The quantitative estimate of drug-likeness (QED) is 0.792. The van der Waals surface area contributed by atoms with E-state index >= 15 is 0 Å². The molecule has 0 saturated carbocycles. The summed E-state index contributed by atoms with van der Waals surface area (Å²) in [6.45, 7) is 0. The summed E-state index contributed by atoms with van der Waals surface area (Å²) < 4.78 is 26.1. The number of hydrogen-bond acceptors (Lipinski definition) is 4. The van der Waals surface area contributed by atoms with Gasteiger partial charge in [0, 0.05) is 17.5 Å². The highest BCUT2D eigenvalue weighted by Crippen LogP contribution is 2.30. The Bertz CT molecular complexity index is 521. The van der Waals surface area contributed by atoms with Crippen LogP contribution in [0.5, 0.6) is 5.75 Å². The molecule has 6 heteroatoms. The molecule has 0 aromatic heterocycles. The number of fused-ring (bicyclic) bond motifs is 1. The molecule has 0 saturated heterocycles. The highest BCUT2D eigenvalue weighted by atomic mass is 32.2. The van der Waals surface area contributed by atoms with Crippen LogP contribution in [-0.4, -0.2) is 14.2 Å². The monoisotopic (exact) mass is 227 g/mol. The lowest BCUT2D eigenvalue weighted by atomic mass is 10.1. The third-order valence-electron chi connectivity index (χ3n) is 2.24. The fraction of sp³-hybridized carbons (Fsp3) is 0.222. The normalized spacial score (nSPS) is 15.1. The Kier molecular flexibility index (Phi) is 2.24. The number of carbonyl (C=O) groups excluding carboxylic acids is 1. The van der Waals surface area contributed by atoms with E-state index in [2.05, 4.69) is 4.18 Å². The second-order valence-corrected chi connectivity index (χ2v) is 4.43. The van der Waals surface area contributed by atoms with Crippen LogP contribution in [0.2, 0.25) is 0 Å². The van der Waals surface area contributed by atoms with Crippen molar-refractivity contribution in [1.29, 1.82) is 0 Å². The largest absolute Gasteiger partial charge is 0.380 e. The molecular formula is C9H9NO4S. The maximum atomic E-state index is 11.3. The lowest BCUT2D eigenvalue weighted by Gasteiger charge is -2.06. The highest BCUT2D eigenvalue weighted by molar-refractivity contribution is 7.84. The molecule has 1 aliphatic carbocycles. The number of benzene rings is 1. The van der Waals surface area contributed by atoms with Crippen molar-refractivity contribution in [2.24, 2.45) is 5.14 Å². The first-order chi connectivity index (χ1) is 6.97. The van der Waals surface area contributed by atoms with Gasteiger partial charge in [-0.25, -0.2) is 0 Å². The van der Waals surface area contributed by atoms with E-state index in [1.807, 2.05) is 0 Å². The van der Waals surface area contributed by atoms with Crippen molar-refractivity contribution in [2.75, 3.05) is 0 Å². The second-order valence-electron chi connectivity index (χ2n) is 3.28. The van der Waals surface area contributed by atoms with Gasteiger partial charge in [-0.1, -0.05) is 12.1 Å². The molecule has 0 aliphatic heterocycles. The smallest absolute Gasteiger partial charge is 0.371 e. The van der Waals surface area contributed by atoms with Gasteiger partial charge in [0.2, 0.25) is 0 Å². The zero-order valence-corrected chi connectivity index (χ0v) is 8.58. The summed E-state index contributed by atoms with van der Waals surface area (Å²) in [5, 5.41) is 4.76. The van der Waals surface area contributed by atoms with Gasteiger partial charge in [-0.05, 0) is 12.5 Å². The predicted molar refractivity (Wildman–Crippen MR) is 52.8 cm³/mol. The maximum Gasteiger partial charge on any atom is 0.380 e. The Balaban J connectivity index is 2.47. The minimum absolute atomic E-state index is 0.00451. The SMILES string of the molecule is NS(=O)(=O)Oc1cccc2c1CCC2=O. The molecule has 2 N–H and O–H groups in total. The van der Waals surface area contributed by atoms with Crippen LogP contribution in [0.3, 0.4) is 0 Å². The molecule has 15 heavy (non-hydrogen) atoms. The van der Waals surface area contributed by atoms with Crippen LogP contribution in [0, 0.1) is 0 Å². The van der Waals surface area contributed by atoms with Crippen molar-refractivity contribution in [2.45, 2.75) is 12.8 Å². The average Bonchev–Trinajstić information content (AvgIpc) is 2.47. The van der Waals surface area contributed by atoms with Crippen LogP contribution >= 0.6 is 0 Å². The Morgan fingerprint density at radius 3 is 2.67 bits per heavy atom.